The lowest BCUT2D eigenvalue weighted by Crippen LogP contribution is -2.45. The molecular formula is C24H35N3O. The van der Waals surface area contributed by atoms with Gasteiger partial charge in [0, 0.05) is 17.5 Å². The predicted molar refractivity (Wildman–Crippen MR) is 114 cm³/mol. The maximum Gasteiger partial charge on any atom is 0.163 e. The van der Waals surface area contributed by atoms with Gasteiger partial charge in [0.2, 0.25) is 0 Å². The number of benzene rings is 1. The summed E-state index contributed by atoms with van der Waals surface area (Å²) >= 11 is 0. The topological polar surface area (TPSA) is 39.9 Å². The molecular weight excluding hydrogens is 346 g/mol. The van der Waals surface area contributed by atoms with E-state index in [1.165, 1.54) is 70.0 Å². The Balaban J connectivity index is 1.56. The van der Waals surface area contributed by atoms with Crippen LogP contribution < -0.4 is 4.74 Å². The summed E-state index contributed by atoms with van der Waals surface area (Å²) < 4.78 is 7.67. The van der Waals surface area contributed by atoms with Gasteiger partial charge in [0.25, 0.3) is 0 Å². The highest BCUT2D eigenvalue weighted by Crippen LogP contribution is 2.59. The van der Waals surface area contributed by atoms with Crippen molar-refractivity contribution < 1.29 is 4.74 Å². The van der Waals surface area contributed by atoms with Gasteiger partial charge in [0.05, 0.1) is 7.11 Å². The van der Waals surface area contributed by atoms with Crippen LogP contribution in [0.4, 0.5) is 0 Å². The van der Waals surface area contributed by atoms with Crippen LogP contribution in [0.2, 0.25) is 0 Å². The van der Waals surface area contributed by atoms with Crippen LogP contribution in [0.15, 0.2) is 24.3 Å². The largest absolute Gasteiger partial charge is 0.497 e. The summed E-state index contributed by atoms with van der Waals surface area (Å²) in [5.41, 5.74) is 2.01. The van der Waals surface area contributed by atoms with Gasteiger partial charge in [-0.2, -0.15) is 0 Å². The third kappa shape index (κ3) is 3.35. The number of hydrogen-bond acceptors (Lipinski definition) is 3. The lowest BCUT2D eigenvalue weighted by molar-refractivity contribution is 0.0246. The number of aromatic nitrogens is 3. The number of ether oxygens (including phenoxy) is 1. The Morgan fingerprint density at radius 1 is 0.929 bits per heavy atom. The van der Waals surface area contributed by atoms with E-state index in [2.05, 4.69) is 35.6 Å². The molecule has 0 aliphatic heterocycles. The van der Waals surface area contributed by atoms with Crippen LogP contribution in [-0.4, -0.2) is 21.9 Å². The fraction of sp³-hybridized carbons (Fsp3) is 0.667. The first-order valence-corrected chi connectivity index (χ1v) is 11.2. The third-order valence-electron chi connectivity index (χ3n) is 7.60. The van der Waals surface area contributed by atoms with E-state index in [9.17, 15) is 0 Å². The molecule has 0 saturated heterocycles. The van der Waals surface area contributed by atoms with Crippen LogP contribution in [0.25, 0.3) is 11.4 Å². The molecule has 152 valence electrons. The number of nitrogens with zero attached hydrogens (tertiary/aromatic N) is 3. The van der Waals surface area contributed by atoms with Crippen molar-refractivity contribution in [2.24, 2.45) is 5.41 Å². The number of unbranched alkanes of at least 4 members (excludes halogenated alkanes) is 2. The second-order valence-corrected chi connectivity index (χ2v) is 9.06. The molecule has 0 amide bonds. The molecule has 0 spiro atoms. The first-order valence-electron chi connectivity index (χ1n) is 11.2. The molecule has 4 heteroatoms. The molecule has 0 atom stereocenters. The number of hydrogen-bond donors (Lipinski definition) is 0. The van der Waals surface area contributed by atoms with E-state index < -0.39 is 0 Å². The minimum atomic E-state index is 0.250. The van der Waals surface area contributed by atoms with Crippen LogP contribution in [0.5, 0.6) is 5.75 Å². The highest BCUT2D eigenvalue weighted by atomic mass is 16.5. The van der Waals surface area contributed by atoms with E-state index in [0.717, 1.165) is 23.7 Å². The maximum atomic E-state index is 5.30. The minimum absolute atomic E-state index is 0.250. The van der Waals surface area contributed by atoms with Crippen molar-refractivity contribution in [1.82, 2.24) is 14.8 Å². The van der Waals surface area contributed by atoms with Crippen LogP contribution in [-0.2, 0) is 12.0 Å². The SMILES string of the molecule is CCCCCC12CCC(c3nnc(-c4ccc(OC)cc4)n3CC)(CC1)CC2. The van der Waals surface area contributed by atoms with Crippen LogP contribution >= 0.6 is 0 Å². The Kier molecular flexibility index (Phi) is 5.48. The molecule has 3 saturated carbocycles. The zero-order chi connectivity index (χ0) is 19.6. The average molecular weight is 382 g/mol. The molecule has 3 aliphatic carbocycles. The van der Waals surface area contributed by atoms with Crippen molar-refractivity contribution in [1.29, 1.82) is 0 Å². The molecule has 2 aromatic rings. The quantitative estimate of drug-likeness (QED) is 0.515. The molecule has 0 radical (unpaired) electrons. The van der Waals surface area contributed by atoms with Gasteiger partial charge >= 0.3 is 0 Å². The number of fused-ring (bicyclic) bond motifs is 3. The summed E-state index contributed by atoms with van der Waals surface area (Å²) in [6.45, 7) is 5.45. The van der Waals surface area contributed by atoms with Crippen LogP contribution in [0.1, 0.15) is 83.9 Å². The van der Waals surface area contributed by atoms with E-state index >= 15 is 0 Å². The Labute approximate surface area is 169 Å². The molecule has 4 nitrogen and oxygen atoms in total. The standard InChI is InChI=1S/C24H35N3O/c1-4-6-7-12-23-13-16-24(17-14-23,18-15-23)22-26-25-21(27(22)5-2)19-8-10-20(28-3)11-9-19/h8-11H,4-7,12-18H2,1-3H3. The lowest BCUT2D eigenvalue weighted by Gasteiger charge is -2.53. The summed E-state index contributed by atoms with van der Waals surface area (Å²) in [6, 6.07) is 8.20. The van der Waals surface area contributed by atoms with Crippen molar-refractivity contribution in [3.05, 3.63) is 30.1 Å². The predicted octanol–water partition coefficient (Wildman–Crippen LogP) is 6.15. The summed E-state index contributed by atoms with van der Waals surface area (Å²) in [4.78, 5) is 0. The molecule has 1 aromatic heterocycles. The van der Waals surface area contributed by atoms with Crippen molar-refractivity contribution in [2.45, 2.75) is 90.0 Å². The molecule has 3 aliphatic rings. The second kappa shape index (κ2) is 7.88. The van der Waals surface area contributed by atoms with Gasteiger partial charge < -0.3 is 9.30 Å². The van der Waals surface area contributed by atoms with Gasteiger partial charge in [-0.3, -0.25) is 0 Å². The monoisotopic (exact) mass is 381 g/mol. The first-order chi connectivity index (χ1) is 13.7. The summed E-state index contributed by atoms with van der Waals surface area (Å²) in [6.07, 6.45) is 13.6. The first kappa shape index (κ1) is 19.5. The minimum Gasteiger partial charge on any atom is -0.497 e. The molecule has 3 fully saturated rings. The normalized spacial score (nSPS) is 26.5. The average Bonchev–Trinajstić information content (AvgIpc) is 3.20. The Bertz CT molecular complexity index is 768. The van der Waals surface area contributed by atoms with Crippen LogP contribution in [0, 0.1) is 5.41 Å². The summed E-state index contributed by atoms with van der Waals surface area (Å²) in [7, 11) is 1.70. The van der Waals surface area contributed by atoms with Crippen LogP contribution in [0.3, 0.4) is 0 Å². The lowest BCUT2D eigenvalue weighted by atomic mass is 9.52. The zero-order valence-electron chi connectivity index (χ0n) is 17.8. The van der Waals surface area contributed by atoms with E-state index in [-0.39, 0.29) is 5.41 Å². The maximum absolute atomic E-state index is 5.30. The second-order valence-electron chi connectivity index (χ2n) is 9.06. The zero-order valence-corrected chi connectivity index (χ0v) is 17.8. The Morgan fingerprint density at radius 3 is 2.18 bits per heavy atom. The van der Waals surface area contributed by atoms with E-state index in [1.54, 1.807) is 7.11 Å². The molecule has 2 bridgehead atoms. The van der Waals surface area contributed by atoms with Crippen molar-refractivity contribution in [2.75, 3.05) is 7.11 Å². The van der Waals surface area contributed by atoms with E-state index in [4.69, 9.17) is 9.84 Å². The Hall–Kier alpha value is -1.84. The summed E-state index contributed by atoms with van der Waals surface area (Å²) in [5, 5.41) is 9.43. The highest BCUT2D eigenvalue weighted by molar-refractivity contribution is 5.57. The smallest absolute Gasteiger partial charge is 0.163 e. The molecule has 1 aromatic carbocycles. The highest BCUT2D eigenvalue weighted by Gasteiger charge is 2.51. The van der Waals surface area contributed by atoms with Gasteiger partial charge in [-0.25, -0.2) is 0 Å². The fourth-order valence-electron chi connectivity index (χ4n) is 5.67. The molecule has 1 heterocycles. The van der Waals surface area contributed by atoms with Gasteiger partial charge in [-0.15, -0.1) is 10.2 Å². The van der Waals surface area contributed by atoms with Crippen molar-refractivity contribution in [3.63, 3.8) is 0 Å². The van der Waals surface area contributed by atoms with Gasteiger partial charge in [0.15, 0.2) is 5.82 Å². The van der Waals surface area contributed by atoms with Gasteiger partial charge in [0.1, 0.15) is 11.6 Å². The molecule has 0 N–H and O–H groups in total. The van der Waals surface area contributed by atoms with Crippen molar-refractivity contribution in [3.8, 4) is 17.1 Å². The molecule has 0 unspecified atom stereocenters. The van der Waals surface area contributed by atoms with Gasteiger partial charge in [-0.1, -0.05) is 26.2 Å². The van der Waals surface area contributed by atoms with E-state index in [1.807, 2.05) is 12.1 Å². The Morgan fingerprint density at radius 2 is 1.61 bits per heavy atom. The number of rotatable bonds is 8. The third-order valence-corrected chi connectivity index (χ3v) is 7.60. The summed E-state index contributed by atoms with van der Waals surface area (Å²) in [5.74, 6) is 3.12. The van der Waals surface area contributed by atoms with E-state index in [0.29, 0.717) is 5.41 Å². The van der Waals surface area contributed by atoms with Crippen molar-refractivity contribution >= 4 is 0 Å². The van der Waals surface area contributed by atoms with Gasteiger partial charge in [-0.05, 0) is 81.5 Å². The fourth-order valence-corrected chi connectivity index (χ4v) is 5.67. The molecule has 28 heavy (non-hydrogen) atoms. The molecule has 5 rings (SSSR count). The number of methoxy groups -OCH3 is 1.